The molecule has 6 heteroatoms. The largest absolute Gasteiger partial charge is 0.396 e. The van der Waals surface area contributed by atoms with Crippen LogP contribution >= 0.6 is 11.3 Å². The molecular formula is C14H20N4OS. The van der Waals surface area contributed by atoms with Crippen LogP contribution in [0.4, 0.5) is 10.7 Å². The Balaban J connectivity index is 2.43. The van der Waals surface area contributed by atoms with E-state index in [2.05, 4.69) is 24.8 Å². The molecule has 0 spiro atoms. The Hall–Kier alpha value is -1.74. The van der Waals surface area contributed by atoms with Crippen LogP contribution in [0.2, 0.25) is 0 Å². The monoisotopic (exact) mass is 292 g/mol. The average Bonchev–Trinajstić information content (AvgIpc) is 2.88. The maximum absolute atomic E-state index is 12.1. The van der Waals surface area contributed by atoms with Crippen LogP contribution in [0, 0.1) is 16.7 Å². The summed E-state index contributed by atoms with van der Waals surface area (Å²) in [6.45, 7) is 6.21. The van der Waals surface area contributed by atoms with Crippen molar-refractivity contribution < 1.29 is 4.79 Å². The summed E-state index contributed by atoms with van der Waals surface area (Å²) in [4.78, 5) is 16.2. The van der Waals surface area contributed by atoms with Crippen LogP contribution < -0.4 is 10.6 Å². The summed E-state index contributed by atoms with van der Waals surface area (Å²) >= 11 is 1.33. The fraction of sp³-hybridized carbons (Fsp3) is 0.571. The number of nitrogens with zero attached hydrogens (tertiary/aromatic N) is 3. The molecule has 0 saturated carbocycles. The van der Waals surface area contributed by atoms with Crippen molar-refractivity contribution in [3.05, 3.63) is 10.4 Å². The van der Waals surface area contributed by atoms with E-state index in [4.69, 9.17) is 5.73 Å². The van der Waals surface area contributed by atoms with Gasteiger partial charge in [0.25, 0.3) is 5.91 Å². The lowest BCUT2D eigenvalue weighted by molar-refractivity contribution is 0.0833. The number of hydrogen-bond acceptors (Lipinski definition) is 5. The van der Waals surface area contributed by atoms with Gasteiger partial charge >= 0.3 is 0 Å². The van der Waals surface area contributed by atoms with Gasteiger partial charge < -0.3 is 15.5 Å². The van der Waals surface area contributed by atoms with Crippen LogP contribution in [0.25, 0.3) is 0 Å². The molecule has 2 heterocycles. The van der Waals surface area contributed by atoms with Crippen molar-refractivity contribution in [2.45, 2.75) is 20.3 Å². The lowest BCUT2D eigenvalue weighted by Gasteiger charge is -2.20. The summed E-state index contributed by atoms with van der Waals surface area (Å²) in [5, 5.41) is 10.2. The first-order valence-electron chi connectivity index (χ1n) is 6.56. The van der Waals surface area contributed by atoms with Crippen LogP contribution in [-0.2, 0) is 0 Å². The summed E-state index contributed by atoms with van der Waals surface area (Å²) in [5.74, 6) is -0.145. The van der Waals surface area contributed by atoms with Gasteiger partial charge in [-0.1, -0.05) is 13.8 Å². The predicted octanol–water partition coefficient (Wildman–Crippen LogP) is 2.14. The zero-order valence-electron chi connectivity index (χ0n) is 12.4. The molecule has 0 bridgehead atoms. The molecule has 1 aliphatic rings. The molecule has 2 rings (SSSR count). The van der Waals surface area contributed by atoms with E-state index in [0.717, 1.165) is 24.5 Å². The minimum absolute atomic E-state index is 0.145. The van der Waals surface area contributed by atoms with Crippen LogP contribution in [0.5, 0.6) is 0 Å². The molecule has 5 nitrogen and oxygen atoms in total. The van der Waals surface area contributed by atoms with E-state index in [1.54, 1.807) is 14.1 Å². The van der Waals surface area contributed by atoms with Gasteiger partial charge in [0.05, 0.1) is 5.69 Å². The standard InChI is InChI=1S/C14H20N4OS/c1-14(2)5-6-18(8-14)13-9(7-15)10(16)11(20-13)12(19)17(3)4/h5-6,8,16H2,1-4H3. The van der Waals surface area contributed by atoms with Crippen LogP contribution in [0.1, 0.15) is 35.5 Å². The van der Waals surface area contributed by atoms with Gasteiger partial charge in [-0.25, -0.2) is 0 Å². The first kappa shape index (κ1) is 14.7. The third kappa shape index (κ3) is 2.46. The molecule has 1 aliphatic heterocycles. The van der Waals surface area contributed by atoms with E-state index < -0.39 is 0 Å². The Bertz CT molecular complexity index is 583. The number of nitrogen functional groups attached to an aromatic ring is 1. The Labute approximate surface area is 123 Å². The van der Waals surface area contributed by atoms with Gasteiger partial charge in [0.15, 0.2) is 0 Å². The topological polar surface area (TPSA) is 73.4 Å². The maximum atomic E-state index is 12.1. The summed E-state index contributed by atoms with van der Waals surface area (Å²) in [6, 6.07) is 2.16. The fourth-order valence-electron chi connectivity index (χ4n) is 2.41. The zero-order valence-corrected chi connectivity index (χ0v) is 13.2. The molecule has 1 fully saturated rings. The molecule has 0 aromatic carbocycles. The number of nitrogens with two attached hydrogens (primary N) is 1. The highest BCUT2D eigenvalue weighted by atomic mass is 32.1. The highest BCUT2D eigenvalue weighted by Gasteiger charge is 2.33. The molecule has 0 unspecified atom stereocenters. The van der Waals surface area contributed by atoms with Gasteiger partial charge in [-0.05, 0) is 11.8 Å². The van der Waals surface area contributed by atoms with E-state index in [1.165, 1.54) is 16.2 Å². The predicted molar refractivity (Wildman–Crippen MR) is 82.1 cm³/mol. The first-order valence-corrected chi connectivity index (χ1v) is 7.37. The van der Waals surface area contributed by atoms with E-state index in [9.17, 15) is 10.1 Å². The van der Waals surface area contributed by atoms with Gasteiger partial charge in [0.2, 0.25) is 0 Å². The SMILES string of the molecule is CN(C)C(=O)c1sc(N2CCC(C)(C)C2)c(C#N)c1N. The van der Waals surface area contributed by atoms with Gasteiger partial charge in [-0.15, -0.1) is 11.3 Å². The number of hydrogen-bond donors (Lipinski definition) is 1. The van der Waals surface area contributed by atoms with Gasteiger partial charge in [0.1, 0.15) is 21.5 Å². The van der Waals surface area contributed by atoms with Crippen LogP contribution in [0.3, 0.4) is 0 Å². The van der Waals surface area contributed by atoms with Crippen molar-refractivity contribution in [3.63, 3.8) is 0 Å². The molecule has 0 aliphatic carbocycles. The molecular weight excluding hydrogens is 272 g/mol. The lowest BCUT2D eigenvalue weighted by Crippen LogP contribution is -2.22. The van der Waals surface area contributed by atoms with Crippen molar-refractivity contribution in [2.24, 2.45) is 5.41 Å². The molecule has 1 saturated heterocycles. The third-order valence-electron chi connectivity index (χ3n) is 3.60. The highest BCUT2D eigenvalue weighted by molar-refractivity contribution is 7.19. The molecule has 1 aromatic rings. The third-order valence-corrected chi connectivity index (χ3v) is 4.86. The lowest BCUT2D eigenvalue weighted by atomic mass is 9.93. The minimum Gasteiger partial charge on any atom is -0.396 e. The Kier molecular flexibility index (Phi) is 3.65. The fourth-order valence-corrected chi connectivity index (χ4v) is 3.63. The van der Waals surface area contributed by atoms with Crippen LogP contribution in [-0.4, -0.2) is 38.0 Å². The Morgan fingerprint density at radius 3 is 2.60 bits per heavy atom. The number of carbonyl (C=O) groups is 1. The number of carbonyl (C=O) groups excluding carboxylic acids is 1. The number of nitriles is 1. The maximum Gasteiger partial charge on any atom is 0.265 e. The molecule has 0 radical (unpaired) electrons. The molecule has 0 atom stereocenters. The number of amides is 1. The van der Waals surface area contributed by atoms with E-state index in [0.29, 0.717) is 16.1 Å². The van der Waals surface area contributed by atoms with Crippen molar-refractivity contribution >= 4 is 27.9 Å². The Morgan fingerprint density at radius 2 is 2.15 bits per heavy atom. The summed E-state index contributed by atoms with van der Waals surface area (Å²) in [7, 11) is 3.37. The highest BCUT2D eigenvalue weighted by Crippen LogP contribution is 2.42. The van der Waals surface area contributed by atoms with Gasteiger partial charge in [-0.2, -0.15) is 5.26 Å². The van der Waals surface area contributed by atoms with Crippen molar-refractivity contribution in [2.75, 3.05) is 37.8 Å². The molecule has 108 valence electrons. The van der Waals surface area contributed by atoms with Crippen molar-refractivity contribution in [1.29, 1.82) is 5.26 Å². The second-order valence-electron chi connectivity index (χ2n) is 6.17. The number of anilines is 2. The summed E-state index contributed by atoms with van der Waals surface area (Å²) < 4.78 is 0. The molecule has 1 aromatic heterocycles. The summed E-state index contributed by atoms with van der Waals surface area (Å²) in [5.41, 5.74) is 6.99. The van der Waals surface area contributed by atoms with Gasteiger partial charge in [-0.3, -0.25) is 4.79 Å². The van der Waals surface area contributed by atoms with Crippen molar-refractivity contribution in [3.8, 4) is 6.07 Å². The van der Waals surface area contributed by atoms with Crippen LogP contribution in [0.15, 0.2) is 0 Å². The van der Waals surface area contributed by atoms with E-state index in [-0.39, 0.29) is 11.3 Å². The molecule has 20 heavy (non-hydrogen) atoms. The summed E-state index contributed by atoms with van der Waals surface area (Å²) in [6.07, 6.45) is 1.08. The minimum atomic E-state index is -0.145. The zero-order chi connectivity index (χ0) is 15.1. The smallest absolute Gasteiger partial charge is 0.265 e. The van der Waals surface area contributed by atoms with Gasteiger partial charge in [0, 0.05) is 27.2 Å². The first-order chi connectivity index (χ1) is 9.26. The number of rotatable bonds is 2. The van der Waals surface area contributed by atoms with E-state index >= 15 is 0 Å². The Morgan fingerprint density at radius 1 is 1.50 bits per heavy atom. The second kappa shape index (κ2) is 4.98. The molecule has 2 N–H and O–H groups in total. The van der Waals surface area contributed by atoms with E-state index in [1.807, 2.05) is 0 Å². The van der Waals surface area contributed by atoms with Crippen molar-refractivity contribution in [1.82, 2.24) is 4.90 Å². The average molecular weight is 292 g/mol. The second-order valence-corrected chi connectivity index (χ2v) is 7.17. The molecule has 1 amide bonds. The normalized spacial score (nSPS) is 17.1. The number of thiophene rings is 1. The quantitative estimate of drug-likeness (QED) is 0.906.